The monoisotopic (exact) mass is 690 g/mol. The number of halogens is 1. The number of nitrogens with zero attached hydrogens (tertiary/aromatic N) is 5. The van der Waals surface area contributed by atoms with E-state index in [1.54, 1.807) is 4.57 Å². The molecule has 2 aromatic heterocycles. The van der Waals surface area contributed by atoms with E-state index in [9.17, 15) is 38.8 Å². The van der Waals surface area contributed by atoms with Crippen molar-refractivity contribution < 1.29 is 66.8 Å². The van der Waals surface area contributed by atoms with E-state index in [-0.39, 0.29) is 5.82 Å². The van der Waals surface area contributed by atoms with Gasteiger partial charge in [0.1, 0.15) is 42.4 Å². The summed E-state index contributed by atoms with van der Waals surface area (Å²) in [7, 11) is -5.46. The highest BCUT2D eigenvalue weighted by molar-refractivity contribution is 8.45. The Morgan fingerprint density at radius 3 is 2.52 bits per heavy atom. The van der Waals surface area contributed by atoms with E-state index in [2.05, 4.69) is 31.5 Å². The fourth-order valence-electron chi connectivity index (χ4n) is 5.23. The number of hydrogen-bond donors (Lipinski definition) is 8. The zero-order valence-electron chi connectivity index (χ0n) is 22.7. The average Bonchev–Trinajstić information content (AvgIpc) is 3.48. The third-order valence-corrected chi connectivity index (χ3v) is 11.3. The quantitative estimate of drug-likeness (QED) is 0.0965. The van der Waals surface area contributed by atoms with Gasteiger partial charge in [-0.25, -0.2) is 28.5 Å². The van der Waals surface area contributed by atoms with Crippen molar-refractivity contribution in [1.82, 2.24) is 24.4 Å². The van der Waals surface area contributed by atoms with E-state index in [0.717, 1.165) is 6.42 Å². The molecule has 2 aromatic rings. The molecule has 0 aromatic carbocycles. The number of anilines is 1. The van der Waals surface area contributed by atoms with Gasteiger partial charge < -0.3 is 45.6 Å². The lowest BCUT2D eigenvalue weighted by Gasteiger charge is -2.39. The maximum absolute atomic E-state index is 14.0. The number of nitrogen functional groups attached to an aromatic ring is 1. The molecular formula is C21H33FN6O13P2S. The van der Waals surface area contributed by atoms with Crippen molar-refractivity contribution in [2.45, 2.75) is 61.7 Å². The first-order chi connectivity index (χ1) is 20.7. The zero-order chi connectivity index (χ0) is 32.0. The van der Waals surface area contributed by atoms with Gasteiger partial charge >= 0.3 is 14.6 Å². The molecule has 19 nitrogen and oxygen atoms in total. The molecule has 0 saturated carbocycles. The van der Waals surface area contributed by atoms with Crippen LogP contribution in [0.2, 0.25) is 0 Å². The minimum atomic E-state index is -5.46. The summed E-state index contributed by atoms with van der Waals surface area (Å²) in [5.74, 6) is -1.39. The van der Waals surface area contributed by atoms with Crippen LogP contribution in [-0.2, 0) is 32.0 Å². The van der Waals surface area contributed by atoms with Gasteiger partial charge in [0.25, 0.3) is 0 Å². The van der Waals surface area contributed by atoms with Crippen LogP contribution in [-0.4, -0.2) is 137 Å². The van der Waals surface area contributed by atoms with Crippen LogP contribution in [0.25, 0.3) is 11.2 Å². The van der Waals surface area contributed by atoms with Crippen LogP contribution in [0.1, 0.15) is 12.6 Å². The molecule has 3 aliphatic heterocycles. The predicted octanol–water partition coefficient (Wildman–Crippen LogP) is -1.69. The van der Waals surface area contributed by atoms with Crippen molar-refractivity contribution in [1.29, 1.82) is 0 Å². The van der Waals surface area contributed by atoms with E-state index >= 15 is 0 Å². The first kappa shape index (κ1) is 34.0. The van der Waals surface area contributed by atoms with Crippen molar-refractivity contribution in [2.24, 2.45) is 5.92 Å². The second-order valence-electron chi connectivity index (χ2n) is 10.5. The Labute approximate surface area is 254 Å². The molecular weight excluding hydrogens is 657 g/mol. The van der Waals surface area contributed by atoms with Crippen molar-refractivity contribution in [3.8, 4) is 0 Å². The number of phosphoric acid groups is 1. The number of likely N-dealkylation sites (tertiary alicyclic amines) is 1. The standard InChI is InChI=1S/C21H33FN6O13P2S/c22-10(4-29)9-5-37-21(17(33)16(32)14(9)30)40-42(34,35)41-43(36,44)38-6-11-15(31)13(27-2-1-3-27)20(39-11)28-8-26-12-18(23)24-7-25-19(12)28/h7-11,13-17,20-21,29-33H,1-6H2,(H,34,35)(H,36,44)(H2,23,24,25)/t9?,10-,11+,13+,14?,15+,16?,17?,20+,21?,43?/m0/s1. The molecule has 8 N–H and O–H groups in total. The number of aromatic nitrogens is 4. The van der Waals surface area contributed by atoms with E-state index in [1.807, 2.05) is 4.90 Å². The summed E-state index contributed by atoms with van der Waals surface area (Å²) in [6.07, 6.45) is -10.1. The summed E-state index contributed by atoms with van der Waals surface area (Å²) in [6, 6.07) is -0.618. The zero-order valence-corrected chi connectivity index (χ0v) is 25.4. The molecule has 3 aliphatic rings. The molecule has 5 rings (SSSR count). The molecule has 5 heterocycles. The number of rotatable bonds is 11. The third kappa shape index (κ3) is 6.97. The Hall–Kier alpha value is -1.39. The van der Waals surface area contributed by atoms with Crippen LogP contribution >= 0.6 is 26.9 Å². The van der Waals surface area contributed by atoms with Gasteiger partial charge in [-0.15, -0.1) is 0 Å². The topological polar surface area (TPSA) is 275 Å². The predicted molar refractivity (Wildman–Crippen MR) is 147 cm³/mol. The molecule has 0 spiro atoms. The lowest BCUT2D eigenvalue weighted by molar-refractivity contribution is -0.173. The molecule has 0 bridgehead atoms. The summed E-state index contributed by atoms with van der Waals surface area (Å²) < 4.78 is 66.7. The summed E-state index contributed by atoms with van der Waals surface area (Å²) in [5.41, 5.74) is 6.55. The normalized spacial score (nSPS) is 36.8. The average molecular weight is 691 g/mol. The van der Waals surface area contributed by atoms with Crippen LogP contribution in [0.4, 0.5) is 10.2 Å². The fraction of sp³-hybridized carbons (Fsp3) is 0.762. The van der Waals surface area contributed by atoms with Crippen LogP contribution in [0.3, 0.4) is 0 Å². The molecule has 7 unspecified atom stereocenters. The first-order valence-electron chi connectivity index (χ1n) is 13.3. The Morgan fingerprint density at radius 1 is 1.14 bits per heavy atom. The Morgan fingerprint density at radius 2 is 1.86 bits per heavy atom. The number of fused-ring (bicyclic) bond motifs is 1. The molecule has 23 heteroatoms. The van der Waals surface area contributed by atoms with Crippen LogP contribution in [0.5, 0.6) is 0 Å². The first-order valence-corrected chi connectivity index (χ1v) is 17.5. The van der Waals surface area contributed by atoms with Crippen LogP contribution < -0.4 is 5.73 Å². The number of alkyl halides is 1. The molecule has 3 fully saturated rings. The van der Waals surface area contributed by atoms with Crippen molar-refractivity contribution in [3.63, 3.8) is 0 Å². The van der Waals surface area contributed by atoms with E-state index < -0.39 is 95.6 Å². The second kappa shape index (κ2) is 13.4. The molecule has 3 saturated heterocycles. The van der Waals surface area contributed by atoms with Gasteiger partial charge in [-0.1, -0.05) is 12.2 Å². The number of nitrogens with two attached hydrogens (primary N) is 1. The van der Waals surface area contributed by atoms with Gasteiger partial charge in [0.2, 0.25) is 0 Å². The second-order valence-corrected chi connectivity index (χ2v) is 14.9. The number of hydrogen-bond acceptors (Lipinski definition) is 17. The molecule has 12 atom stereocenters. The minimum Gasteiger partial charge on any atom is -0.393 e. The lowest BCUT2D eigenvalue weighted by Crippen LogP contribution is -2.53. The highest BCUT2D eigenvalue weighted by Crippen LogP contribution is 2.66. The van der Waals surface area contributed by atoms with Crippen molar-refractivity contribution in [3.05, 3.63) is 12.7 Å². The van der Waals surface area contributed by atoms with Crippen LogP contribution in [0.15, 0.2) is 12.7 Å². The van der Waals surface area contributed by atoms with E-state index in [1.165, 1.54) is 12.7 Å². The summed E-state index contributed by atoms with van der Waals surface area (Å²) >= 11 is 3.70. The number of ether oxygens (including phenoxy) is 2. The molecule has 0 aliphatic carbocycles. The highest BCUT2D eigenvalue weighted by atomic mass is 32.7. The van der Waals surface area contributed by atoms with Gasteiger partial charge in [-0.05, 0) is 19.5 Å². The Balaban J connectivity index is 1.24. The molecule has 44 heavy (non-hydrogen) atoms. The highest BCUT2D eigenvalue weighted by Gasteiger charge is 2.51. The number of phosphoric ester groups is 1. The molecule has 0 amide bonds. The summed E-state index contributed by atoms with van der Waals surface area (Å²) in [5, 5.41) is 50.7. The summed E-state index contributed by atoms with van der Waals surface area (Å²) in [6.45, 7) is -5.87. The maximum atomic E-state index is 14.0. The largest absolute Gasteiger partial charge is 0.482 e. The number of aliphatic hydroxyl groups excluding tert-OH is 5. The number of aliphatic hydroxyl groups is 5. The number of imidazole rings is 1. The van der Waals surface area contributed by atoms with Crippen molar-refractivity contribution in [2.75, 3.05) is 38.6 Å². The Kier molecular flexibility index (Phi) is 10.3. The Bertz CT molecular complexity index is 1410. The number of thiol groups is 1. The SMILES string of the molecule is Nc1ncnc2c1ncn2[C@@H]1O[C@H](COP(=O)(S)OP(=O)(O)OC2OCC([C@@H](F)CO)C(O)C(O)C2O)[C@@H](O)[C@H]1N1CCC1. The van der Waals surface area contributed by atoms with Gasteiger partial charge in [0.05, 0.1) is 38.3 Å². The van der Waals surface area contributed by atoms with Gasteiger partial charge in [-0.2, -0.15) is 4.31 Å². The van der Waals surface area contributed by atoms with E-state index in [0.29, 0.717) is 24.3 Å². The molecule has 0 radical (unpaired) electrons. The maximum Gasteiger partial charge on any atom is 0.482 e. The summed E-state index contributed by atoms with van der Waals surface area (Å²) in [4.78, 5) is 24.5. The van der Waals surface area contributed by atoms with Crippen molar-refractivity contribution >= 4 is 43.9 Å². The van der Waals surface area contributed by atoms with Crippen LogP contribution in [0, 0.1) is 5.92 Å². The van der Waals surface area contributed by atoms with Gasteiger partial charge in [0, 0.05) is 5.92 Å². The van der Waals surface area contributed by atoms with E-state index in [4.69, 9.17) is 29.4 Å². The third-order valence-electron chi connectivity index (χ3n) is 7.67. The fourth-order valence-corrected chi connectivity index (χ4v) is 8.43. The smallest absolute Gasteiger partial charge is 0.393 e. The molecule has 248 valence electrons. The van der Waals surface area contributed by atoms with Gasteiger partial charge in [-0.3, -0.25) is 18.5 Å². The lowest BCUT2D eigenvalue weighted by atomic mass is 9.93. The minimum absolute atomic E-state index is 0.139. The van der Waals surface area contributed by atoms with Gasteiger partial charge in [0.15, 0.2) is 24.0 Å².